The van der Waals surface area contributed by atoms with E-state index in [1.165, 1.54) is 0 Å². The van der Waals surface area contributed by atoms with Crippen molar-refractivity contribution in [3.05, 3.63) is 95.1 Å². The Hall–Kier alpha value is -3.84. The number of hydrogen-bond donors (Lipinski definition) is 2. The van der Waals surface area contributed by atoms with Gasteiger partial charge in [-0.3, -0.25) is 9.59 Å². The SMILES string of the molecule is COc1ccc2c(c1OCc1ccccc1)CC(CO)N(C(=O)[C@H](NC(=O)C1CCCC1)c1ccccc1)C2. The van der Waals surface area contributed by atoms with Crippen molar-refractivity contribution in [1.82, 2.24) is 10.2 Å². The fourth-order valence-electron chi connectivity index (χ4n) is 5.69. The second-order valence-electron chi connectivity index (χ2n) is 10.3. The standard InChI is InChI=1S/C32H36N2O5/c1-38-28-17-16-25-19-34(26(20-35)18-27(25)30(28)39-21-22-10-4-2-5-11-22)32(37)29(23-12-6-3-7-13-23)33-31(36)24-14-8-9-15-24/h2-7,10-13,16-17,24,26,29,35H,8-9,14-15,18-21H2,1H3,(H,33,36)/t26?,29-/m1/s1. The van der Waals surface area contributed by atoms with Crippen molar-refractivity contribution in [2.24, 2.45) is 5.92 Å². The van der Waals surface area contributed by atoms with Crippen LogP contribution in [-0.4, -0.2) is 41.6 Å². The number of hydrogen-bond acceptors (Lipinski definition) is 5. The second kappa shape index (κ2) is 12.3. The maximum absolute atomic E-state index is 14.1. The van der Waals surface area contributed by atoms with Crippen LogP contribution < -0.4 is 14.8 Å². The molecule has 7 heteroatoms. The molecular weight excluding hydrogens is 492 g/mol. The van der Waals surface area contributed by atoms with Gasteiger partial charge in [0.25, 0.3) is 0 Å². The number of carbonyl (C=O) groups excluding carboxylic acids is 2. The van der Waals surface area contributed by atoms with E-state index in [-0.39, 0.29) is 24.3 Å². The van der Waals surface area contributed by atoms with Crippen LogP contribution in [-0.2, 0) is 29.2 Å². The average Bonchev–Trinajstić information content (AvgIpc) is 3.54. The minimum Gasteiger partial charge on any atom is -0.493 e. The van der Waals surface area contributed by atoms with Crippen molar-refractivity contribution in [3.8, 4) is 11.5 Å². The monoisotopic (exact) mass is 528 g/mol. The van der Waals surface area contributed by atoms with Crippen molar-refractivity contribution in [2.45, 2.75) is 57.3 Å². The molecule has 0 radical (unpaired) electrons. The molecule has 1 aliphatic carbocycles. The molecule has 1 saturated carbocycles. The molecule has 2 atom stereocenters. The summed E-state index contributed by atoms with van der Waals surface area (Å²) in [6, 6.07) is 21.8. The number of amides is 2. The van der Waals surface area contributed by atoms with Gasteiger partial charge >= 0.3 is 0 Å². The topological polar surface area (TPSA) is 88.1 Å². The molecule has 7 nitrogen and oxygen atoms in total. The maximum Gasteiger partial charge on any atom is 0.250 e. The molecule has 1 aliphatic heterocycles. The summed E-state index contributed by atoms with van der Waals surface area (Å²) in [5.74, 6) is 0.899. The van der Waals surface area contributed by atoms with Crippen LogP contribution in [0, 0.1) is 5.92 Å². The average molecular weight is 529 g/mol. The number of rotatable bonds is 9. The van der Waals surface area contributed by atoms with E-state index in [4.69, 9.17) is 9.47 Å². The number of aliphatic hydroxyl groups excluding tert-OH is 1. The van der Waals surface area contributed by atoms with Crippen molar-refractivity contribution in [2.75, 3.05) is 13.7 Å². The van der Waals surface area contributed by atoms with Gasteiger partial charge in [0.1, 0.15) is 12.6 Å². The van der Waals surface area contributed by atoms with Crippen molar-refractivity contribution in [1.29, 1.82) is 0 Å². The van der Waals surface area contributed by atoms with Crippen molar-refractivity contribution in [3.63, 3.8) is 0 Å². The summed E-state index contributed by atoms with van der Waals surface area (Å²) in [5.41, 5.74) is 3.63. The lowest BCUT2D eigenvalue weighted by Crippen LogP contribution is -2.51. The van der Waals surface area contributed by atoms with Gasteiger partial charge in [0.15, 0.2) is 11.5 Å². The largest absolute Gasteiger partial charge is 0.493 e. The lowest BCUT2D eigenvalue weighted by molar-refractivity contribution is -0.141. The van der Waals surface area contributed by atoms with Gasteiger partial charge in [0.2, 0.25) is 11.8 Å². The normalized spacial score (nSPS) is 17.8. The zero-order valence-corrected chi connectivity index (χ0v) is 22.3. The van der Waals surface area contributed by atoms with Crippen molar-refractivity contribution >= 4 is 11.8 Å². The van der Waals surface area contributed by atoms with Crippen LogP contribution in [0.2, 0.25) is 0 Å². The summed E-state index contributed by atoms with van der Waals surface area (Å²) in [4.78, 5) is 28.9. The van der Waals surface area contributed by atoms with Crippen LogP contribution in [0.5, 0.6) is 11.5 Å². The Bertz CT molecular complexity index is 1270. The summed E-state index contributed by atoms with van der Waals surface area (Å²) in [5, 5.41) is 13.5. The van der Waals surface area contributed by atoms with Crippen LogP contribution in [0.1, 0.15) is 54.0 Å². The zero-order valence-electron chi connectivity index (χ0n) is 22.3. The fourth-order valence-corrected chi connectivity index (χ4v) is 5.69. The van der Waals surface area contributed by atoms with E-state index in [0.29, 0.717) is 31.1 Å². The molecule has 0 aromatic heterocycles. The number of aliphatic hydroxyl groups is 1. The van der Waals surface area contributed by atoms with E-state index >= 15 is 0 Å². The Kier molecular flexibility index (Phi) is 8.47. The highest BCUT2D eigenvalue weighted by Gasteiger charge is 2.37. The van der Waals surface area contributed by atoms with Gasteiger partial charge in [0, 0.05) is 18.0 Å². The molecule has 3 aromatic rings. The predicted molar refractivity (Wildman–Crippen MR) is 148 cm³/mol. The molecule has 0 bridgehead atoms. The number of nitrogens with zero attached hydrogens (tertiary/aromatic N) is 1. The van der Waals surface area contributed by atoms with Crippen LogP contribution in [0.4, 0.5) is 0 Å². The van der Waals surface area contributed by atoms with E-state index in [1.54, 1.807) is 12.0 Å². The van der Waals surface area contributed by atoms with Gasteiger partial charge in [-0.25, -0.2) is 0 Å². The van der Waals surface area contributed by atoms with E-state index in [2.05, 4.69) is 5.32 Å². The first-order valence-electron chi connectivity index (χ1n) is 13.7. The first-order chi connectivity index (χ1) is 19.1. The Morgan fingerprint density at radius 3 is 2.36 bits per heavy atom. The van der Waals surface area contributed by atoms with Crippen LogP contribution in [0.3, 0.4) is 0 Å². The molecule has 2 amide bonds. The smallest absolute Gasteiger partial charge is 0.250 e. The maximum atomic E-state index is 14.1. The Morgan fingerprint density at radius 1 is 1.00 bits per heavy atom. The number of fused-ring (bicyclic) bond motifs is 1. The van der Waals surface area contributed by atoms with Gasteiger partial charge in [0.05, 0.1) is 19.8 Å². The molecule has 3 aromatic carbocycles. The first-order valence-corrected chi connectivity index (χ1v) is 13.7. The second-order valence-corrected chi connectivity index (χ2v) is 10.3. The van der Waals surface area contributed by atoms with E-state index in [0.717, 1.165) is 47.9 Å². The highest BCUT2D eigenvalue weighted by Crippen LogP contribution is 2.39. The molecule has 1 fully saturated rings. The van der Waals surface area contributed by atoms with Crippen LogP contribution >= 0.6 is 0 Å². The number of ether oxygens (including phenoxy) is 2. The summed E-state index contributed by atoms with van der Waals surface area (Å²) in [6.45, 7) is 0.468. The molecule has 2 aliphatic rings. The molecule has 1 heterocycles. The third kappa shape index (κ3) is 5.93. The highest BCUT2D eigenvalue weighted by atomic mass is 16.5. The molecule has 2 N–H and O–H groups in total. The summed E-state index contributed by atoms with van der Waals surface area (Å²) >= 11 is 0. The molecule has 1 unspecified atom stereocenters. The summed E-state index contributed by atoms with van der Waals surface area (Å²) in [7, 11) is 1.61. The van der Waals surface area contributed by atoms with Gasteiger partial charge in [-0.1, -0.05) is 79.6 Å². The molecular formula is C32H36N2O5. The Balaban J connectivity index is 1.42. The highest BCUT2D eigenvalue weighted by molar-refractivity contribution is 5.90. The van der Waals surface area contributed by atoms with E-state index in [1.807, 2.05) is 72.8 Å². The molecule has 5 rings (SSSR count). The fraction of sp³-hybridized carbons (Fsp3) is 0.375. The summed E-state index contributed by atoms with van der Waals surface area (Å²) < 4.78 is 11.9. The number of methoxy groups -OCH3 is 1. The molecule has 39 heavy (non-hydrogen) atoms. The summed E-state index contributed by atoms with van der Waals surface area (Å²) in [6.07, 6.45) is 4.19. The zero-order chi connectivity index (χ0) is 27.2. The first kappa shape index (κ1) is 26.8. The quantitative estimate of drug-likeness (QED) is 0.425. The van der Waals surface area contributed by atoms with Gasteiger partial charge in [-0.15, -0.1) is 0 Å². The van der Waals surface area contributed by atoms with Crippen LogP contribution in [0.25, 0.3) is 0 Å². The lowest BCUT2D eigenvalue weighted by atomic mass is 9.91. The van der Waals surface area contributed by atoms with Gasteiger partial charge < -0.3 is 24.8 Å². The van der Waals surface area contributed by atoms with E-state index in [9.17, 15) is 14.7 Å². The molecule has 0 saturated heterocycles. The van der Waals surface area contributed by atoms with Gasteiger partial charge in [-0.05, 0) is 42.0 Å². The molecule has 0 spiro atoms. The minimum atomic E-state index is -0.818. The Labute approximate surface area is 229 Å². The number of benzene rings is 3. The van der Waals surface area contributed by atoms with Crippen molar-refractivity contribution < 1.29 is 24.2 Å². The number of carbonyl (C=O) groups is 2. The predicted octanol–water partition coefficient (Wildman–Crippen LogP) is 4.57. The van der Waals surface area contributed by atoms with E-state index < -0.39 is 12.1 Å². The third-order valence-electron chi connectivity index (χ3n) is 7.87. The lowest BCUT2D eigenvalue weighted by Gasteiger charge is -2.39. The van der Waals surface area contributed by atoms with Crippen LogP contribution in [0.15, 0.2) is 72.8 Å². The number of nitrogens with one attached hydrogen (secondary N) is 1. The Morgan fingerprint density at radius 2 is 1.69 bits per heavy atom. The minimum absolute atomic E-state index is 0.0588. The molecule has 204 valence electrons. The third-order valence-corrected chi connectivity index (χ3v) is 7.87. The van der Waals surface area contributed by atoms with Gasteiger partial charge in [-0.2, -0.15) is 0 Å².